The number of nitrogens with zero attached hydrogens (tertiary/aromatic N) is 2. The van der Waals surface area contributed by atoms with Crippen LogP contribution in [0.1, 0.15) is 21.5 Å². The van der Waals surface area contributed by atoms with Gasteiger partial charge in [0.1, 0.15) is 0 Å². The zero-order valence-electron chi connectivity index (χ0n) is 11.0. The standard InChI is InChI=1S/C16H13IN2O/c1-19(11-13-7-5-12(10-18)6-8-13)16(20)14-3-2-4-15(17)9-14/h2-9H,11H2,1H3. The van der Waals surface area contributed by atoms with Crippen LogP contribution in [-0.4, -0.2) is 17.9 Å². The van der Waals surface area contributed by atoms with Gasteiger partial charge in [-0.2, -0.15) is 5.26 Å². The van der Waals surface area contributed by atoms with Gasteiger partial charge >= 0.3 is 0 Å². The molecule has 100 valence electrons. The molecule has 3 nitrogen and oxygen atoms in total. The third-order valence-electron chi connectivity index (χ3n) is 2.92. The van der Waals surface area contributed by atoms with Gasteiger partial charge in [0.2, 0.25) is 0 Å². The molecule has 0 fully saturated rings. The topological polar surface area (TPSA) is 44.1 Å². The highest BCUT2D eigenvalue weighted by atomic mass is 127. The van der Waals surface area contributed by atoms with Crippen molar-refractivity contribution in [2.75, 3.05) is 7.05 Å². The van der Waals surface area contributed by atoms with Gasteiger partial charge in [-0.05, 0) is 58.5 Å². The van der Waals surface area contributed by atoms with E-state index < -0.39 is 0 Å². The van der Waals surface area contributed by atoms with E-state index in [1.165, 1.54) is 0 Å². The summed E-state index contributed by atoms with van der Waals surface area (Å²) in [6.45, 7) is 0.524. The van der Waals surface area contributed by atoms with Gasteiger partial charge in [0.25, 0.3) is 5.91 Å². The second-order valence-corrected chi connectivity index (χ2v) is 5.73. The molecule has 0 aliphatic heterocycles. The molecule has 2 rings (SSSR count). The molecule has 0 spiro atoms. The predicted molar refractivity (Wildman–Crippen MR) is 86.1 cm³/mol. The molecule has 4 heteroatoms. The molecular formula is C16H13IN2O. The van der Waals surface area contributed by atoms with Crippen molar-refractivity contribution in [1.82, 2.24) is 4.90 Å². The number of carbonyl (C=O) groups excluding carboxylic acids is 1. The SMILES string of the molecule is CN(Cc1ccc(C#N)cc1)C(=O)c1cccc(I)c1. The minimum atomic E-state index is -0.00660. The Labute approximate surface area is 132 Å². The molecule has 2 aromatic carbocycles. The van der Waals surface area contributed by atoms with Crippen molar-refractivity contribution in [3.05, 3.63) is 68.8 Å². The summed E-state index contributed by atoms with van der Waals surface area (Å²) in [5.41, 5.74) is 2.32. The van der Waals surface area contributed by atoms with Crippen LogP contribution in [0.2, 0.25) is 0 Å². The van der Waals surface area contributed by atoms with Crippen molar-refractivity contribution >= 4 is 28.5 Å². The molecule has 0 radical (unpaired) electrons. The summed E-state index contributed by atoms with van der Waals surface area (Å²) in [5.74, 6) is -0.00660. The Morgan fingerprint density at radius 2 is 1.95 bits per heavy atom. The minimum absolute atomic E-state index is 0.00660. The van der Waals surface area contributed by atoms with E-state index in [0.717, 1.165) is 9.13 Å². The van der Waals surface area contributed by atoms with E-state index >= 15 is 0 Å². The molecule has 0 unspecified atom stereocenters. The number of hydrogen-bond donors (Lipinski definition) is 0. The quantitative estimate of drug-likeness (QED) is 0.771. The van der Waals surface area contributed by atoms with Crippen LogP contribution in [-0.2, 0) is 6.54 Å². The molecule has 0 N–H and O–H groups in total. The Bertz CT molecular complexity index is 659. The lowest BCUT2D eigenvalue weighted by Gasteiger charge is -2.17. The van der Waals surface area contributed by atoms with Crippen LogP contribution in [0.25, 0.3) is 0 Å². The fourth-order valence-corrected chi connectivity index (χ4v) is 2.42. The molecule has 20 heavy (non-hydrogen) atoms. The highest BCUT2D eigenvalue weighted by Crippen LogP contribution is 2.12. The van der Waals surface area contributed by atoms with Crippen molar-refractivity contribution in [2.45, 2.75) is 6.54 Å². The van der Waals surface area contributed by atoms with E-state index in [-0.39, 0.29) is 5.91 Å². The zero-order valence-corrected chi connectivity index (χ0v) is 13.2. The minimum Gasteiger partial charge on any atom is -0.337 e. The first-order valence-electron chi connectivity index (χ1n) is 6.10. The second-order valence-electron chi connectivity index (χ2n) is 4.48. The summed E-state index contributed by atoms with van der Waals surface area (Å²) < 4.78 is 1.04. The van der Waals surface area contributed by atoms with Crippen LogP contribution < -0.4 is 0 Å². The summed E-state index contributed by atoms with van der Waals surface area (Å²) in [5, 5.41) is 8.76. The molecule has 2 aromatic rings. The van der Waals surface area contributed by atoms with Gasteiger partial charge < -0.3 is 4.90 Å². The average molecular weight is 376 g/mol. The maximum absolute atomic E-state index is 12.3. The van der Waals surface area contributed by atoms with Crippen LogP contribution in [0.3, 0.4) is 0 Å². The molecule has 0 heterocycles. The molecular weight excluding hydrogens is 363 g/mol. The first kappa shape index (κ1) is 14.5. The monoisotopic (exact) mass is 376 g/mol. The normalized spacial score (nSPS) is 9.85. The predicted octanol–water partition coefficient (Wildman–Crippen LogP) is 3.44. The summed E-state index contributed by atoms with van der Waals surface area (Å²) in [6.07, 6.45) is 0. The van der Waals surface area contributed by atoms with Gasteiger partial charge in [0, 0.05) is 22.7 Å². The lowest BCUT2D eigenvalue weighted by Crippen LogP contribution is -2.26. The zero-order chi connectivity index (χ0) is 14.5. The molecule has 0 aromatic heterocycles. The van der Waals surface area contributed by atoms with Crippen molar-refractivity contribution in [1.29, 1.82) is 5.26 Å². The van der Waals surface area contributed by atoms with Crippen LogP contribution in [0.4, 0.5) is 0 Å². The van der Waals surface area contributed by atoms with E-state index in [9.17, 15) is 4.79 Å². The van der Waals surface area contributed by atoms with Crippen molar-refractivity contribution in [2.24, 2.45) is 0 Å². The number of halogens is 1. The van der Waals surface area contributed by atoms with Gasteiger partial charge in [0.15, 0.2) is 0 Å². The van der Waals surface area contributed by atoms with Crippen molar-refractivity contribution < 1.29 is 4.79 Å². The van der Waals surface area contributed by atoms with Crippen LogP contribution in [0.15, 0.2) is 48.5 Å². The third kappa shape index (κ3) is 3.58. The van der Waals surface area contributed by atoms with E-state index in [4.69, 9.17) is 5.26 Å². The third-order valence-corrected chi connectivity index (χ3v) is 3.59. The Hall–Kier alpha value is -1.87. The van der Waals surface area contributed by atoms with Gasteiger partial charge in [-0.1, -0.05) is 18.2 Å². The smallest absolute Gasteiger partial charge is 0.253 e. The average Bonchev–Trinajstić information content (AvgIpc) is 2.47. The molecule has 0 saturated carbocycles. The van der Waals surface area contributed by atoms with E-state index in [1.807, 2.05) is 36.4 Å². The molecule has 0 saturated heterocycles. The van der Waals surface area contributed by atoms with E-state index in [0.29, 0.717) is 17.7 Å². The molecule has 0 bridgehead atoms. The van der Waals surface area contributed by atoms with Crippen molar-refractivity contribution in [3.63, 3.8) is 0 Å². The number of nitriles is 1. The Morgan fingerprint density at radius 1 is 1.25 bits per heavy atom. The molecule has 0 atom stereocenters. The summed E-state index contributed by atoms with van der Waals surface area (Å²) in [6, 6.07) is 16.9. The summed E-state index contributed by atoms with van der Waals surface area (Å²) in [7, 11) is 1.78. The van der Waals surface area contributed by atoms with Crippen LogP contribution >= 0.6 is 22.6 Å². The maximum Gasteiger partial charge on any atom is 0.253 e. The number of carbonyl (C=O) groups is 1. The number of benzene rings is 2. The van der Waals surface area contributed by atoms with Crippen LogP contribution in [0.5, 0.6) is 0 Å². The second kappa shape index (κ2) is 6.53. The molecule has 1 amide bonds. The number of amides is 1. The van der Waals surface area contributed by atoms with Crippen molar-refractivity contribution in [3.8, 4) is 6.07 Å². The fourth-order valence-electron chi connectivity index (χ4n) is 1.87. The Kier molecular flexibility index (Phi) is 4.74. The van der Waals surface area contributed by atoms with Gasteiger partial charge in [-0.15, -0.1) is 0 Å². The first-order chi connectivity index (χ1) is 9.60. The van der Waals surface area contributed by atoms with Gasteiger partial charge in [-0.25, -0.2) is 0 Å². The fraction of sp³-hybridized carbons (Fsp3) is 0.125. The van der Waals surface area contributed by atoms with Crippen LogP contribution in [0, 0.1) is 14.9 Å². The van der Waals surface area contributed by atoms with E-state index in [1.54, 1.807) is 24.1 Å². The molecule has 0 aliphatic rings. The highest BCUT2D eigenvalue weighted by molar-refractivity contribution is 14.1. The van der Waals surface area contributed by atoms with Gasteiger partial charge in [-0.3, -0.25) is 4.79 Å². The first-order valence-corrected chi connectivity index (χ1v) is 7.18. The van der Waals surface area contributed by atoms with Gasteiger partial charge in [0.05, 0.1) is 11.6 Å². The molecule has 0 aliphatic carbocycles. The summed E-state index contributed by atoms with van der Waals surface area (Å²) >= 11 is 2.19. The Balaban J connectivity index is 2.09. The van der Waals surface area contributed by atoms with E-state index in [2.05, 4.69) is 28.7 Å². The number of rotatable bonds is 3. The largest absolute Gasteiger partial charge is 0.337 e. The number of hydrogen-bond acceptors (Lipinski definition) is 2. The lowest BCUT2D eigenvalue weighted by molar-refractivity contribution is 0.0785. The maximum atomic E-state index is 12.3. The Morgan fingerprint density at radius 3 is 2.55 bits per heavy atom. The highest BCUT2D eigenvalue weighted by Gasteiger charge is 2.12. The summed E-state index contributed by atoms with van der Waals surface area (Å²) in [4.78, 5) is 14.0. The lowest BCUT2D eigenvalue weighted by atomic mass is 10.1.